The molecule has 3 aromatic carbocycles. The third-order valence-electron chi connectivity index (χ3n) is 5.77. The van der Waals surface area contributed by atoms with Gasteiger partial charge in [0, 0.05) is 23.0 Å². The van der Waals surface area contributed by atoms with Crippen molar-refractivity contribution in [2.24, 2.45) is 4.99 Å². The van der Waals surface area contributed by atoms with E-state index in [0.717, 1.165) is 42.6 Å². The van der Waals surface area contributed by atoms with Gasteiger partial charge in [-0.05, 0) is 78.6 Å². The molecule has 0 unspecified atom stereocenters. The SMILES string of the molecule is CCc1cc(Cc2cc(CC)c(N)c(CC)c2)ccc1/N=C(\C)c1ccc(O)cc1O. The maximum atomic E-state index is 10.1. The summed E-state index contributed by atoms with van der Waals surface area (Å²) in [5, 5.41) is 19.6. The maximum Gasteiger partial charge on any atom is 0.128 e. The summed E-state index contributed by atoms with van der Waals surface area (Å²) in [6.45, 7) is 8.28. The minimum Gasteiger partial charge on any atom is -0.508 e. The number of phenolic OH excluding ortho intramolecular Hbond substituents is 2. The Morgan fingerprint density at radius 3 is 2.00 bits per heavy atom. The Morgan fingerprint density at radius 2 is 1.42 bits per heavy atom. The lowest BCUT2D eigenvalue weighted by Crippen LogP contribution is -2.02. The lowest BCUT2D eigenvalue weighted by atomic mass is 9.95. The smallest absolute Gasteiger partial charge is 0.128 e. The second-order valence-corrected chi connectivity index (χ2v) is 7.93. The van der Waals surface area contributed by atoms with Gasteiger partial charge in [0.1, 0.15) is 11.5 Å². The predicted molar refractivity (Wildman–Crippen MR) is 130 cm³/mol. The predicted octanol–water partition coefficient (Wildman–Crippen LogP) is 6.10. The molecule has 3 rings (SSSR count). The average molecular weight is 417 g/mol. The van der Waals surface area contributed by atoms with Crippen LogP contribution in [0.15, 0.2) is 53.5 Å². The van der Waals surface area contributed by atoms with Crippen LogP contribution in [0, 0.1) is 0 Å². The van der Waals surface area contributed by atoms with E-state index in [0.29, 0.717) is 11.3 Å². The zero-order valence-electron chi connectivity index (χ0n) is 18.9. The lowest BCUT2D eigenvalue weighted by molar-refractivity contribution is 0.450. The van der Waals surface area contributed by atoms with Crippen LogP contribution in [0.2, 0.25) is 0 Å². The summed E-state index contributed by atoms with van der Waals surface area (Å²) in [6, 6.07) is 15.4. The molecular weight excluding hydrogens is 384 g/mol. The molecule has 0 aliphatic heterocycles. The van der Waals surface area contributed by atoms with Gasteiger partial charge < -0.3 is 15.9 Å². The first-order valence-electron chi connectivity index (χ1n) is 11.0. The second kappa shape index (κ2) is 9.69. The van der Waals surface area contributed by atoms with Gasteiger partial charge in [-0.1, -0.05) is 45.0 Å². The number of nitrogen functional groups attached to an aromatic ring is 1. The normalized spacial score (nSPS) is 11.7. The number of hydrogen-bond acceptors (Lipinski definition) is 4. The molecule has 0 saturated heterocycles. The standard InChI is InChI=1S/C27H32N2O2/c1-5-20-13-18(12-19-14-21(6-2)27(28)22(7-3)15-19)8-11-25(20)29-17(4)24-10-9-23(30)16-26(24)31/h8-11,13-16,30-31H,5-7,12,28H2,1-4H3/b29-17+. The number of benzene rings is 3. The van der Waals surface area contributed by atoms with Crippen LogP contribution < -0.4 is 5.73 Å². The van der Waals surface area contributed by atoms with E-state index in [9.17, 15) is 10.2 Å². The molecule has 0 bridgehead atoms. The number of rotatable bonds is 7. The van der Waals surface area contributed by atoms with Crippen LogP contribution in [-0.4, -0.2) is 15.9 Å². The molecule has 0 aromatic heterocycles. The van der Waals surface area contributed by atoms with Crippen molar-refractivity contribution in [3.63, 3.8) is 0 Å². The van der Waals surface area contributed by atoms with Crippen LogP contribution in [0.25, 0.3) is 0 Å². The summed E-state index contributed by atoms with van der Waals surface area (Å²) in [4.78, 5) is 4.76. The van der Waals surface area contributed by atoms with Crippen molar-refractivity contribution in [1.82, 2.24) is 0 Å². The number of aliphatic imine (C=N–C) groups is 1. The van der Waals surface area contributed by atoms with E-state index >= 15 is 0 Å². The third kappa shape index (κ3) is 5.08. The van der Waals surface area contributed by atoms with E-state index in [4.69, 9.17) is 10.7 Å². The number of phenols is 2. The Kier molecular flexibility index (Phi) is 7.01. The van der Waals surface area contributed by atoms with E-state index in [1.807, 2.05) is 13.0 Å². The molecule has 0 heterocycles. The van der Waals surface area contributed by atoms with Crippen LogP contribution in [0.1, 0.15) is 61.1 Å². The molecule has 0 radical (unpaired) electrons. The quantitative estimate of drug-likeness (QED) is 0.322. The molecule has 4 heteroatoms. The van der Waals surface area contributed by atoms with E-state index < -0.39 is 0 Å². The fraction of sp³-hybridized carbons (Fsp3) is 0.296. The van der Waals surface area contributed by atoms with Gasteiger partial charge in [0.2, 0.25) is 0 Å². The Bertz CT molecular complexity index is 1090. The minimum absolute atomic E-state index is 0.0257. The molecule has 0 aliphatic rings. The van der Waals surface area contributed by atoms with Crippen LogP contribution in [0.4, 0.5) is 11.4 Å². The number of nitrogens with two attached hydrogens (primary N) is 1. The maximum absolute atomic E-state index is 10.1. The second-order valence-electron chi connectivity index (χ2n) is 7.93. The summed E-state index contributed by atoms with van der Waals surface area (Å²) in [6.07, 6.45) is 3.59. The average Bonchev–Trinajstić information content (AvgIpc) is 2.75. The van der Waals surface area contributed by atoms with E-state index in [1.165, 1.54) is 28.3 Å². The van der Waals surface area contributed by atoms with Gasteiger partial charge in [0.05, 0.1) is 5.69 Å². The summed E-state index contributed by atoms with van der Waals surface area (Å²) >= 11 is 0. The van der Waals surface area contributed by atoms with Gasteiger partial charge in [-0.3, -0.25) is 4.99 Å². The molecule has 0 atom stereocenters. The molecule has 3 aromatic rings. The highest BCUT2D eigenvalue weighted by molar-refractivity contribution is 6.02. The molecule has 0 fully saturated rings. The first-order chi connectivity index (χ1) is 14.9. The van der Waals surface area contributed by atoms with Crippen molar-refractivity contribution in [2.75, 3.05) is 5.73 Å². The minimum atomic E-state index is 0.0257. The van der Waals surface area contributed by atoms with Crippen molar-refractivity contribution in [2.45, 2.75) is 53.4 Å². The van der Waals surface area contributed by atoms with Gasteiger partial charge in [-0.25, -0.2) is 0 Å². The Hall–Kier alpha value is -3.27. The van der Waals surface area contributed by atoms with Gasteiger partial charge in [0.25, 0.3) is 0 Å². The highest BCUT2D eigenvalue weighted by atomic mass is 16.3. The topological polar surface area (TPSA) is 78.8 Å². The Balaban J connectivity index is 1.92. The van der Waals surface area contributed by atoms with Crippen LogP contribution in [-0.2, 0) is 25.7 Å². The fourth-order valence-electron chi connectivity index (χ4n) is 3.98. The van der Waals surface area contributed by atoms with Gasteiger partial charge in [0.15, 0.2) is 0 Å². The Morgan fingerprint density at radius 1 is 0.806 bits per heavy atom. The molecule has 0 spiro atoms. The van der Waals surface area contributed by atoms with Crippen molar-refractivity contribution < 1.29 is 10.2 Å². The molecule has 0 aliphatic carbocycles. The number of nitrogens with zero attached hydrogens (tertiary/aromatic N) is 1. The van der Waals surface area contributed by atoms with Crippen molar-refractivity contribution in [3.8, 4) is 11.5 Å². The van der Waals surface area contributed by atoms with Crippen molar-refractivity contribution in [3.05, 3.63) is 81.9 Å². The molecule has 0 saturated carbocycles. The largest absolute Gasteiger partial charge is 0.508 e. The highest BCUT2D eigenvalue weighted by Crippen LogP contribution is 2.28. The molecular formula is C27H32N2O2. The van der Waals surface area contributed by atoms with Crippen molar-refractivity contribution in [1.29, 1.82) is 0 Å². The van der Waals surface area contributed by atoms with Gasteiger partial charge in [-0.2, -0.15) is 0 Å². The zero-order valence-corrected chi connectivity index (χ0v) is 18.9. The molecule has 4 N–H and O–H groups in total. The summed E-state index contributed by atoms with van der Waals surface area (Å²) < 4.78 is 0. The lowest BCUT2D eigenvalue weighted by Gasteiger charge is -2.14. The number of aromatic hydroxyl groups is 2. The summed E-state index contributed by atoms with van der Waals surface area (Å²) in [5.74, 6) is 0.0607. The molecule has 162 valence electrons. The Labute approximate surface area is 185 Å². The monoisotopic (exact) mass is 416 g/mol. The van der Waals surface area contributed by atoms with E-state index in [-0.39, 0.29) is 11.5 Å². The van der Waals surface area contributed by atoms with Gasteiger partial charge >= 0.3 is 0 Å². The molecule has 4 nitrogen and oxygen atoms in total. The number of aryl methyl sites for hydroxylation is 3. The number of anilines is 1. The van der Waals surface area contributed by atoms with Crippen LogP contribution in [0.3, 0.4) is 0 Å². The van der Waals surface area contributed by atoms with Gasteiger partial charge in [-0.15, -0.1) is 0 Å². The highest BCUT2D eigenvalue weighted by Gasteiger charge is 2.10. The fourth-order valence-corrected chi connectivity index (χ4v) is 3.98. The van der Waals surface area contributed by atoms with E-state index in [2.05, 4.69) is 45.0 Å². The number of hydrogen-bond donors (Lipinski definition) is 3. The van der Waals surface area contributed by atoms with Crippen LogP contribution >= 0.6 is 0 Å². The van der Waals surface area contributed by atoms with Crippen molar-refractivity contribution >= 4 is 17.1 Å². The first kappa shape index (κ1) is 22.4. The third-order valence-corrected chi connectivity index (χ3v) is 5.77. The first-order valence-corrected chi connectivity index (χ1v) is 11.0. The summed E-state index contributed by atoms with van der Waals surface area (Å²) in [5.41, 5.74) is 15.6. The summed E-state index contributed by atoms with van der Waals surface area (Å²) in [7, 11) is 0. The molecule has 31 heavy (non-hydrogen) atoms. The molecule has 0 amide bonds. The van der Waals surface area contributed by atoms with E-state index in [1.54, 1.807) is 12.1 Å². The zero-order chi connectivity index (χ0) is 22.5. The van der Waals surface area contributed by atoms with Crippen LogP contribution in [0.5, 0.6) is 11.5 Å².